The summed E-state index contributed by atoms with van der Waals surface area (Å²) in [5.41, 5.74) is 3.72. The second-order valence-corrected chi connectivity index (χ2v) is 8.43. The van der Waals surface area contributed by atoms with Gasteiger partial charge in [0.25, 0.3) is 5.91 Å². The molecule has 0 bridgehead atoms. The van der Waals surface area contributed by atoms with Crippen molar-refractivity contribution in [1.29, 1.82) is 0 Å². The van der Waals surface area contributed by atoms with Crippen molar-refractivity contribution in [2.24, 2.45) is 29.7 Å². The van der Waals surface area contributed by atoms with Crippen LogP contribution in [0.5, 0.6) is 0 Å². The molecular weight excluding hydrogens is 298 g/mol. The third-order valence-electron chi connectivity index (χ3n) is 6.55. The summed E-state index contributed by atoms with van der Waals surface area (Å²) >= 11 is 0. The largest absolute Gasteiger partial charge is 0.325 e. The van der Waals surface area contributed by atoms with E-state index in [0.29, 0.717) is 17.4 Å². The number of carbonyl (C=O) groups is 1. The Morgan fingerprint density at radius 1 is 1.33 bits per heavy atom. The SMILES string of the molecule is Cc1nn(C)c(C)c1C(=O)NC1=CC=CC2(C)C1C(C)CC2(C)C. The van der Waals surface area contributed by atoms with Crippen molar-refractivity contribution in [3.63, 3.8) is 0 Å². The molecule has 0 aliphatic heterocycles. The van der Waals surface area contributed by atoms with Gasteiger partial charge in [0, 0.05) is 24.4 Å². The third-order valence-corrected chi connectivity index (χ3v) is 6.55. The predicted octanol–water partition coefficient (Wildman–Crippen LogP) is 3.91. The zero-order chi connectivity index (χ0) is 17.9. The monoisotopic (exact) mass is 327 g/mol. The fraction of sp³-hybridized carbons (Fsp3) is 0.600. The number of nitrogens with zero attached hydrogens (tertiary/aromatic N) is 2. The van der Waals surface area contributed by atoms with Crippen molar-refractivity contribution in [1.82, 2.24) is 15.1 Å². The molecule has 0 saturated heterocycles. The predicted molar refractivity (Wildman–Crippen MR) is 96.5 cm³/mol. The van der Waals surface area contributed by atoms with Gasteiger partial charge in [0.15, 0.2) is 0 Å². The van der Waals surface area contributed by atoms with Gasteiger partial charge in [-0.25, -0.2) is 0 Å². The summed E-state index contributed by atoms with van der Waals surface area (Å²) in [5.74, 6) is 0.843. The van der Waals surface area contributed by atoms with Crippen molar-refractivity contribution in [2.75, 3.05) is 0 Å². The number of hydrogen-bond donors (Lipinski definition) is 1. The Morgan fingerprint density at radius 3 is 2.58 bits per heavy atom. The minimum atomic E-state index is -0.0427. The van der Waals surface area contributed by atoms with E-state index in [1.165, 1.54) is 0 Å². The summed E-state index contributed by atoms with van der Waals surface area (Å²) in [4.78, 5) is 12.9. The zero-order valence-corrected chi connectivity index (χ0v) is 15.9. The van der Waals surface area contributed by atoms with Crippen LogP contribution in [0, 0.1) is 36.5 Å². The number of fused-ring (bicyclic) bond motifs is 1. The van der Waals surface area contributed by atoms with Crippen LogP contribution in [-0.2, 0) is 7.05 Å². The van der Waals surface area contributed by atoms with E-state index in [1.54, 1.807) is 4.68 Å². The highest BCUT2D eigenvalue weighted by Crippen LogP contribution is 2.62. The second kappa shape index (κ2) is 5.33. The maximum absolute atomic E-state index is 12.9. The molecule has 2 aliphatic rings. The van der Waals surface area contributed by atoms with Crippen LogP contribution in [0.1, 0.15) is 55.9 Å². The average Bonchev–Trinajstić information content (AvgIpc) is 2.81. The number of carbonyl (C=O) groups excluding carboxylic acids is 1. The van der Waals surface area contributed by atoms with Gasteiger partial charge in [-0.1, -0.05) is 39.8 Å². The van der Waals surface area contributed by atoms with Gasteiger partial charge in [0.05, 0.1) is 11.3 Å². The minimum absolute atomic E-state index is 0.0427. The molecule has 4 heteroatoms. The maximum Gasteiger partial charge on any atom is 0.259 e. The number of rotatable bonds is 2. The van der Waals surface area contributed by atoms with Crippen LogP contribution in [0.3, 0.4) is 0 Å². The molecule has 1 N–H and O–H groups in total. The topological polar surface area (TPSA) is 46.9 Å². The number of nitrogens with one attached hydrogen (secondary N) is 1. The highest BCUT2D eigenvalue weighted by atomic mass is 16.1. The van der Waals surface area contributed by atoms with Gasteiger partial charge in [-0.05, 0) is 43.1 Å². The van der Waals surface area contributed by atoms with E-state index in [4.69, 9.17) is 0 Å². The van der Waals surface area contributed by atoms with E-state index in [2.05, 4.69) is 56.3 Å². The summed E-state index contributed by atoms with van der Waals surface area (Å²) in [6.45, 7) is 13.1. The van der Waals surface area contributed by atoms with E-state index in [9.17, 15) is 4.79 Å². The van der Waals surface area contributed by atoms with Crippen molar-refractivity contribution in [3.8, 4) is 0 Å². The van der Waals surface area contributed by atoms with Gasteiger partial charge in [-0.15, -0.1) is 0 Å². The summed E-state index contributed by atoms with van der Waals surface area (Å²) in [5, 5.41) is 7.58. The molecule has 1 saturated carbocycles. The Hall–Kier alpha value is -1.84. The standard InChI is InChI=1S/C20H29N3O/c1-12-11-19(4,5)20(6)10-8-9-15(17(12)20)21-18(24)16-13(2)22-23(7)14(16)3/h8-10,12,17H,11H2,1-7H3,(H,21,24). The number of aromatic nitrogens is 2. The van der Waals surface area contributed by atoms with Gasteiger partial charge in [0.1, 0.15) is 0 Å². The molecule has 0 radical (unpaired) electrons. The summed E-state index contributed by atoms with van der Waals surface area (Å²) in [6.07, 6.45) is 7.67. The highest BCUT2D eigenvalue weighted by Gasteiger charge is 2.55. The number of allylic oxidation sites excluding steroid dienone is 4. The van der Waals surface area contributed by atoms with Crippen molar-refractivity contribution in [3.05, 3.63) is 40.9 Å². The molecule has 0 aromatic carbocycles. The van der Waals surface area contributed by atoms with Crippen LogP contribution in [-0.4, -0.2) is 15.7 Å². The van der Waals surface area contributed by atoms with E-state index >= 15 is 0 Å². The van der Waals surface area contributed by atoms with Crippen LogP contribution in [0.4, 0.5) is 0 Å². The molecular formula is C20H29N3O. The first-order valence-electron chi connectivity index (χ1n) is 8.79. The van der Waals surface area contributed by atoms with Gasteiger partial charge in [-0.3, -0.25) is 9.48 Å². The number of hydrogen-bond acceptors (Lipinski definition) is 2. The molecule has 3 atom stereocenters. The first kappa shape index (κ1) is 17.0. The molecule has 1 amide bonds. The molecule has 24 heavy (non-hydrogen) atoms. The van der Waals surface area contributed by atoms with Crippen LogP contribution in [0.15, 0.2) is 23.9 Å². The van der Waals surface area contributed by atoms with Crippen molar-refractivity contribution in [2.45, 2.75) is 48.0 Å². The molecule has 3 rings (SSSR count). The zero-order valence-electron chi connectivity index (χ0n) is 15.9. The first-order valence-corrected chi connectivity index (χ1v) is 8.79. The molecule has 4 nitrogen and oxygen atoms in total. The van der Waals surface area contributed by atoms with Crippen LogP contribution >= 0.6 is 0 Å². The Kier molecular flexibility index (Phi) is 3.78. The lowest BCUT2D eigenvalue weighted by Crippen LogP contribution is -2.40. The summed E-state index contributed by atoms with van der Waals surface area (Å²) < 4.78 is 1.77. The molecule has 130 valence electrons. The van der Waals surface area contributed by atoms with E-state index in [0.717, 1.165) is 23.5 Å². The molecule has 1 aromatic rings. The molecule has 1 fully saturated rings. The van der Waals surface area contributed by atoms with Gasteiger partial charge >= 0.3 is 0 Å². The maximum atomic E-state index is 12.9. The van der Waals surface area contributed by atoms with Gasteiger partial charge < -0.3 is 5.32 Å². The normalized spacial score (nSPS) is 30.9. The fourth-order valence-electron chi connectivity index (χ4n) is 4.98. The highest BCUT2D eigenvalue weighted by molar-refractivity contribution is 5.97. The van der Waals surface area contributed by atoms with Crippen molar-refractivity contribution < 1.29 is 4.79 Å². The lowest BCUT2D eigenvalue weighted by atomic mass is 9.63. The smallest absolute Gasteiger partial charge is 0.259 e. The van der Waals surface area contributed by atoms with Gasteiger partial charge in [0.2, 0.25) is 0 Å². The minimum Gasteiger partial charge on any atom is -0.325 e. The van der Waals surface area contributed by atoms with Crippen molar-refractivity contribution >= 4 is 5.91 Å². The Labute approximate surface area is 145 Å². The first-order chi connectivity index (χ1) is 11.1. The molecule has 1 heterocycles. The third kappa shape index (κ3) is 2.27. The Bertz CT molecular complexity index is 753. The molecule has 1 aromatic heterocycles. The summed E-state index contributed by atoms with van der Waals surface area (Å²) in [6, 6.07) is 0. The Balaban J connectivity index is 1.92. The Morgan fingerprint density at radius 2 is 2.00 bits per heavy atom. The van der Waals surface area contributed by atoms with Gasteiger partial charge in [-0.2, -0.15) is 5.10 Å². The lowest BCUT2D eigenvalue weighted by Gasteiger charge is -2.43. The lowest BCUT2D eigenvalue weighted by molar-refractivity contribution is 0.0943. The number of amides is 1. The molecule has 3 unspecified atom stereocenters. The fourth-order valence-corrected chi connectivity index (χ4v) is 4.98. The summed E-state index contributed by atoms with van der Waals surface area (Å²) in [7, 11) is 1.88. The van der Waals surface area contributed by atoms with E-state index in [-0.39, 0.29) is 16.7 Å². The van der Waals surface area contributed by atoms with E-state index < -0.39 is 0 Å². The van der Waals surface area contributed by atoms with Crippen LogP contribution in [0.25, 0.3) is 0 Å². The van der Waals surface area contributed by atoms with E-state index in [1.807, 2.05) is 20.9 Å². The molecule has 2 aliphatic carbocycles. The van der Waals surface area contributed by atoms with Crippen LogP contribution < -0.4 is 5.32 Å². The van der Waals surface area contributed by atoms with Crippen LogP contribution in [0.2, 0.25) is 0 Å². The number of aryl methyl sites for hydroxylation is 2. The average molecular weight is 327 g/mol. The second-order valence-electron chi connectivity index (χ2n) is 8.43. The molecule has 0 spiro atoms. The quantitative estimate of drug-likeness (QED) is 0.895.